The average molecular weight is 226 g/mol. The Hall–Kier alpha value is -0.300. The van der Waals surface area contributed by atoms with Crippen LogP contribution < -0.4 is 0 Å². The summed E-state index contributed by atoms with van der Waals surface area (Å²) in [5.41, 5.74) is -0.137. The van der Waals surface area contributed by atoms with Crippen LogP contribution in [-0.4, -0.2) is 11.2 Å². The number of aliphatic hydroxyl groups is 1. The van der Waals surface area contributed by atoms with Gasteiger partial charge in [-0.3, -0.25) is 0 Å². The molecule has 0 aromatic carbocycles. The summed E-state index contributed by atoms with van der Waals surface area (Å²) in [6.07, 6.45) is 11.7. The van der Waals surface area contributed by atoms with E-state index in [-0.39, 0.29) is 11.5 Å². The SMILES string of the molecule is C=CC(C)(C)C(O)CCCCCCCCC. The lowest BCUT2D eigenvalue weighted by atomic mass is 9.84. The van der Waals surface area contributed by atoms with Crippen molar-refractivity contribution in [1.82, 2.24) is 0 Å². The van der Waals surface area contributed by atoms with Crippen molar-refractivity contribution in [1.29, 1.82) is 0 Å². The van der Waals surface area contributed by atoms with Crippen molar-refractivity contribution in [2.24, 2.45) is 5.41 Å². The summed E-state index contributed by atoms with van der Waals surface area (Å²) in [6.45, 7) is 10.1. The quantitative estimate of drug-likeness (QED) is 0.423. The van der Waals surface area contributed by atoms with Gasteiger partial charge in [0.2, 0.25) is 0 Å². The van der Waals surface area contributed by atoms with Crippen LogP contribution in [0.2, 0.25) is 0 Å². The lowest BCUT2D eigenvalue weighted by Gasteiger charge is -2.26. The van der Waals surface area contributed by atoms with Crippen LogP contribution in [0.1, 0.15) is 72.1 Å². The summed E-state index contributed by atoms with van der Waals surface area (Å²) in [7, 11) is 0. The van der Waals surface area contributed by atoms with Crippen LogP contribution in [0.15, 0.2) is 12.7 Å². The van der Waals surface area contributed by atoms with Crippen molar-refractivity contribution in [3.05, 3.63) is 12.7 Å². The first-order valence-electron chi connectivity index (χ1n) is 6.86. The van der Waals surface area contributed by atoms with Gasteiger partial charge < -0.3 is 5.11 Å². The molecule has 0 spiro atoms. The minimum Gasteiger partial charge on any atom is -0.392 e. The molecule has 0 aromatic rings. The first kappa shape index (κ1) is 15.7. The van der Waals surface area contributed by atoms with E-state index in [2.05, 4.69) is 13.5 Å². The van der Waals surface area contributed by atoms with E-state index in [0.29, 0.717) is 0 Å². The van der Waals surface area contributed by atoms with E-state index in [4.69, 9.17) is 0 Å². The second-order valence-corrected chi connectivity index (χ2v) is 5.45. The Balaban J connectivity index is 3.41. The molecule has 1 atom stereocenters. The molecule has 16 heavy (non-hydrogen) atoms. The fraction of sp³-hybridized carbons (Fsp3) is 0.867. The van der Waals surface area contributed by atoms with Gasteiger partial charge in [0.1, 0.15) is 0 Å². The Morgan fingerprint density at radius 1 is 1.06 bits per heavy atom. The monoisotopic (exact) mass is 226 g/mol. The molecule has 0 saturated heterocycles. The fourth-order valence-corrected chi connectivity index (χ4v) is 1.80. The smallest absolute Gasteiger partial charge is 0.0625 e. The first-order chi connectivity index (χ1) is 7.54. The summed E-state index contributed by atoms with van der Waals surface area (Å²) in [4.78, 5) is 0. The average Bonchev–Trinajstić information content (AvgIpc) is 2.27. The number of aliphatic hydroxyl groups excluding tert-OH is 1. The van der Waals surface area contributed by atoms with Gasteiger partial charge in [-0.2, -0.15) is 0 Å². The molecule has 0 saturated carbocycles. The lowest BCUT2D eigenvalue weighted by molar-refractivity contribution is 0.0715. The lowest BCUT2D eigenvalue weighted by Crippen LogP contribution is -2.26. The van der Waals surface area contributed by atoms with Crippen LogP contribution in [0.4, 0.5) is 0 Å². The van der Waals surface area contributed by atoms with Crippen molar-refractivity contribution in [2.75, 3.05) is 0 Å². The molecule has 1 heteroatoms. The van der Waals surface area contributed by atoms with E-state index in [1.165, 1.54) is 38.5 Å². The Morgan fingerprint density at radius 3 is 2.06 bits per heavy atom. The van der Waals surface area contributed by atoms with E-state index in [1.54, 1.807) is 0 Å². The Bertz CT molecular complexity index is 172. The van der Waals surface area contributed by atoms with E-state index in [1.807, 2.05) is 19.9 Å². The van der Waals surface area contributed by atoms with Crippen LogP contribution in [0.3, 0.4) is 0 Å². The van der Waals surface area contributed by atoms with Crippen molar-refractivity contribution >= 4 is 0 Å². The molecule has 96 valence electrons. The van der Waals surface area contributed by atoms with Crippen molar-refractivity contribution in [2.45, 2.75) is 78.2 Å². The Kier molecular flexibility index (Phi) is 8.64. The fourth-order valence-electron chi connectivity index (χ4n) is 1.80. The van der Waals surface area contributed by atoms with Crippen LogP contribution in [-0.2, 0) is 0 Å². The molecule has 1 N–H and O–H groups in total. The molecule has 0 heterocycles. The maximum absolute atomic E-state index is 9.95. The van der Waals surface area contributed by atoms with Crippen LogP contribution >= 0.6 is 0 Å². The first-order valence-corrected chi connectivity index (χ1v) is 6.86. The van der Waals surface area contributed by atoms with E-state index in [0.717, 1.165) is 12.8 Å². The third-order valence-electron chi connectivity index (χ3n) is 3.47. The number of rotatable bonds is 10. The Morgan fingerprint density at radius 2 is 1.56 bits per heavy atom. The van der Waals surface area contributed by atoms with Gasteiger partial charge in [-0.05, 0) is 6.42 Å². The molecule has 1 nitrogen and oxygen atoms in total. The molecule has 1 unspecified atom stereocenters. The predicted octanol–water partition coefficient (Wildman–Crippen LogP) is 4.70. The van der Waals surface area contributed by atoms with Crippen LogP contribution in [0.25, 0.3) is 0 Å². The van der Waals surface area contributed by atoms with Crippen LogP contribution in [0, 0.1) is 5.41 Å². The minimum atomic E-state index is -0.236. The normalized spacial score (nSPS) is 13.8. The highest BCUT2D eigenvalue weighted by Crippen LogP contribution is 2.25. The zero-order valence-electron chi connectivity index (χ0n) is 11.5. The number of unbranched alkanes of at least 4 members (excludes halogenated alkanes) is 6. The zero-order valence-corrected chi connectivity index (χ0v) is 11.5. The second kappa shape index (κ2) is 8.81. The molecule has 0 aliphatic carbocycles. The minimum absolute atomic E-state index is 0.137. The molecule has 0 rings (SSSR count). The predicted molar refractivity (Wildman–Crippen MR) is 72.6 cm³/mol. The maximum Gasteiger partial charge on any atom is 0.0625 e. The van der Waals surface area contributed by atoms with Gasteiger partial charge in [-0.1, -0.05) is 71.8 Å². The Labute approximate surface area is 102 Å². The molecule has 0 fully saturated rings. The van der Waals surface area contributed by atoms with E-state index in [9.17, 15) is 5.11 Å². The second-order valence-electron chi connectivity index (χ2n) is 5.45. The van der Waals surface area contributed by atoms with Crippen molar-refractivity contribution in [3.63, 3.8) is 0 Å². The molecule has 0 aromatic heterocycles. The van der Waals surface area contributed by atoms with Crippen molar-refractivity contribution in [3.8, 4) is 0 Å². The third kappa shape index (κ3) is 7.05. The molecule has 0 radical (unpaired) electrons. The summed E-state index contributed by atoms with van der Waals surface area (Å²) in [5, 5.41) is 9.95. The highest BCUT2D eigenvalue weighted by atomic mass is 16.3. The standard InChI is InChI=1S/C15H30O/c1-5-7-8-9-10-11-12-13-14(16)15(3,4)6-2/h6,14,16H,2,5,7-13H2,1,3-4H3. The molecule has 0 amide bonds. The van der Waals surface area contributed by atoms with Gasteiger partial charge in [-0.25, -0.2) is 0 Å². The van der Waals surface area contributed by atoms with Crippen molar-refractivity contribution < 1.29 is 5.11 Å². The van der Waals surface area contributed by atoms with Gasteiger partial charge in [0.15, 0.2) is 0 Å². The van der Waals surface area contributed by atoms with Gasteiger partial charge in [0.05, 0.1) is 6.10 Å². The maximum atomic E-state index is 9.95. The summed E-state index contributed by atoms with van der Waals surface area (Å²) < 4.78 is 0. The molecule has 0 aliphatic heterocycles. The van der Waals surface area contributed by atoms with Crippen LogP contribution in [0.5, 0.6) is 0 Å². The van der Waals surface area contributed by atoms with E-state index < -0.39 is 0 Å². The molecule has 0 aliphatic rings. The molecular formula is C15H30O. The summed E-state index contributed by atoms with van der Waals surface area (Å²) in [6, 6.07) is 0. The molecule has 0 bridgehead atoms. The van der Waals surface area contributed by atoms with Gasteiger partial charge in [0, 0.05) is 5.41 Å². The highest BCUT2D eigenvalue weighted by Gasteiger charge is 2.23. The van der Waals surface area contributed by atoms with E-state index >= 15 is 0 Å². The van der Waals surface area contributed by atoms with Gasteiger partial charge in [-0.15, -0.1) is 6.58 Å². The molecular weight excluding hydrogens is 196 g/mol. The van der Waals surface area contributed by atoms with Gasteiger partial charge in [0.25, 0.3) is 0 Å². The zero-order chi connectivity index (χ0) is 12.4. The topological polar surface area (TPSA) is 20.2 Å². The summed E-state index contributed by atoms with van der Waals surface area (Å²) in [5.74, 6) is 0. The largest absolute Gasteiger partial charge is 0.392 e. The number of hydrogen-bond donors (Lipinski definition) is 1. The van der Waals surface area contributed by atoms with Gasteiger partial charge >= 0.3 is 0 Å². The summed E-state index contributed by atoms with van der Waals surface area (Å²) >= 11 is 0. The highest BCUT2D eigenvalue weighted by molar-refractivity contribution is 4.92. The third-order valence-corrected chi connectivity index (χ3v) is 3.47. The number of hydrogen-bond acceptors (Lipinski definition) is 1.